The van der Waals surface area contributed by atoms with E-state index in [-0.39, 0.29) is 0 Å². The monoisotopic (exact) mass is 226 g/mol. The van der Waals surface area contributed by atoms with Crippen LogP contribution in [-0.4, -0.2) is 30.6 Å². The van der Waals surface area contributed by atoms with Gasteiger partial charge in [0.05, 0.1) is 0 Å². The van der Waals surface area contributed by atoms with E-state index in [0.29, 0.717) is 17.4 Å². The molecule has 0 amide bonds. The third kappa shape index (κ3) is 4.84. The molecule has 1 rings (SSSR count). The molecule has 0 aromatic carbocycles. The van der Waals surface area contributed by atoms with Crippen molar-refractivity contribution >= 4 is 0 Å². The molecule has 0 radical (unpaired) electrons. The molecule has 0 bridgehead atoms. The predicted octanol–water partition coefficient (Wildman–Crippen LogP) is 2.87. The van der Waals surface area contributed by atoms with E-state index in [1.165, 1.54) is 38.9 Å². The molecule has 1 heterocycles. The Labute approximate surface area is 102 Å². The van der Waals surface area contributed by atoms with E-state index in [4.69, 9.17) is 5.73 Å². The lowest BCUT2D eigenvalue weighted by molar-refractivity contribution is 0.247. The number of rotatable bonds is 4. The molecular formula is C14H30N2. The molecule has 1 saturated heterocycles. The molecule has 96 valence electrons. The van der Waals surface area contributed by atoms with Crippen molar-refractivity contribution in [1.29, 1.82) is 0 Å². The summed E-state index contributed by atoms with van der Waals surface area (Å²) in [4.78, 5) is 2.61. The van der Waals surface area contributed by atoms with Gasteiger partial charge in [0.1, 0.15) is 0 Å². The quantitative estimate of drug-likeness (QED) is 0.798. The Morgan fingerprint density at radius 2 is 1.88 bits per heavy atom. The number of hydrogen-bond acceptors (Lipinski definition) is 2. The van der Waals surface area contributed by atoms with Gasteiger partial charge in [0.25, 0.3) is 0 Å². The smallest absolute Gasteiger partial charge is 0.00740 e. The van der Waals surface area contributed by atoms with Crippen molar-refractivity contribution in [1.82, 2.24) is 4.90 Å². The van der Waals surface area contributed by atoms with Gasteiger partial charge in [-0.05, 0) is 56.7 Å². The molecule has 1 aliphatic rings. The zero-order chi connectivity index (χ0) is 12.2. The molecule has 1 fully saturated rings. The van der Waals surface area contributed by atoms with E-state index in [9.17, 15) is 0 Å². The second-order valence-electron chi connectivity index (χ2n) is 6.56. The molecular weight excluding hydrogens is 196 g/mol. The minimum Gasteiger partial charge on any atom is -0.327 e. The number of nitrogens with two attached hydrogens (primary N) is 1. The van der Waals surface area contributed by atoms with Crippen LogP contribution in [0.3, 0.4) is 0 Å². The maximum atomic E-state index is 6.10. The summed E-state index contributed by atoms with van der Waals surface area (Å²) < 4.78 is 0. The summed E-state index contributed by atoms with van der Waals surface area (Å²) in [5.41, 5.74) is 6.65. The van der Waals surface area contributed by atoms with E-state index < -0.39 is 0 Å². The van der Waals surface area contributed by atoms with Crippen LogP contribution < -0.4 is 5.73 Å². The zero-order valence-electron chi connectivity index (χ0n) is 11.6. The van der Waals surface area contributed by atoms with Crippen molar-refractivity contribution in [3.05, 3.63) is 0 Å². The van der Waals surface area contributed by atoms with Crippen molar-refractivity contribution in [2.75, 3.05) is 19.6 Å². The highest BCUT2D eigenvalue weighted by molar-refractivity contribution is 4.77. The predicted molar refractivity (Wildman–Crippen MR) is 71.5 cm³/mol. The highest BCUT2D eigenvalue weighted by Gasteiger charge is 2.23. The zero-order valence-corrected chi connectivity index (χ0v) is 11.6. The average molecular weight is 226 g/mol. The highest BCUT2D eigenvalue weighted by Crippen LogP contribution is 2.29. The summed E-state index contributed by atoms with van der Waals surface area (Å²) >= 11 is 0. The largest absolute Gasteiger partial charge is 0.327 e. The van der Waals surface area contributed by atoms with E-state index in [2.05, 4.69) is 32.6 Å². The standard InChI is InChI=1S/C14H30N2/c1-12(2)13(15)6-10-16-9-5-7-14(3,4)8-11-16/h12-13H,5-11,15H2,1-4H3. The molecule has 0 aromatic heterocycles. The lowest BCUT2D eigenvalue weighted by Gasteiger charge is -2.25. The summed E-state index contributed by atoms with van der Waals surface area (Å²) in [6.07, 6.45) is 5.21. The van der Waals surface area contributed by atoms with E-state index in [1.54, 1.807) is 0 Å². The Balaban J connectivity index is 2.28. The normalized spacial score (nSPS) is 24.4. The van der Waals surface area contributed by atoms with Gasteiger partial charge in [-0.2, -0.15) is 0 Å². The summed E-state index contributed by atoms with van der Waals surface area (Å²) in [5, 5.41) is 0. The maximum Gasteiger partial charge on any atom is 0.00740 e. The van der Waals surface area contributed by atoms with Crippen LogP contribution >= 0.6 is 0 Å². The van der Waals surface area contributed by atoms with Crippen LogP contribution in [0.5, 0.6) is 0 Å². The van der Waals surface area contributed by atoms with Crippen LogP contribution in [0, 0.1) is 11.3 Å². The van der Waals surface area contributed by atoms with Crippen molar-refractivity contribution in [3.63, 3.8) is 0 Å². The first kappa shape index (κ1) is 14.0. The average Bonchev–Trinajstić information content (AvgIpc) is 2.36. The summed E-state index contributed by atoms with van der Waals surface area (Å²) in [5.74, 6) is 0.614. The fraction of sp³-hybridized carbons (Fsp3) is 1.00. The van der Waals surface area contributed by atoms with Crippen molar-refractivity contribution < 1.29 is 0 Å². The number of likely N-dealkylation sites (tertiary alicyclic amines) is 1. The topological polar surface area (TPSA) is 29.3 Å². The molecule has 16 heavy (non-hydrogen) atoms. The minimum absolute atomic E-state index is 0.372. The van der Waals surface area contributed by atoms with E-state index in [1.807, 2.05) is 0 Å². The Morgan fingerprint density at radius 1 is 1.19 bits per heavy atom. The molecule has 0 aromatic rings. The molecule has 0 saturated carbocycles. The molecule has 2 heteroatoms. The van der Waals surface area contributed by atoms with Gasteiger partial charge in [0.15, 0.2) is 0 Å². The van der Waals surface area contributed by atoms with Gasteiger partial charge in [-0.15, -0.1) is 0 Å². The van der Waals surface area contributed by atoms with E-state index in [0.717, 1.165) is 6.42 Å². The summed E-state index contributed by atoms with van der Waals surface area (Å²) in [6.45, 7) is 13.0. The lowest BCUT2D eigenvalue weighted by Crippen LogP contribution is -2.34. The first-order valence-electron chi connectivity index (χ1n) is 6.89. The van der Waals surface area contributed by atoms with Crippen LogP contribution in [-0.2, 0) is 0 Å². The van der Waals surface area contributed by atoms with Crippen molar-refractivity contribution in [2.24, 2.45) is 17.1 Å². The van der Waals surface area contributed by atoms with E-state index >= 15 is 0 Å². The van der Waals surface area contributed by atoms with Gasteiger partial charge in [-0.3, -0.25) is 0 Å². The fourth-order valence-corrected chi connectivity index (χ4v) is 2.37. The van der Waals surface area contributed by atoms with Crippen LogP contribution in [0.1, 0.15) is 53.4 Å². The van der Waals surface area contributed by atoms with Crippen LogP contribution in [0.15, 0.2) is 0 Å². The van der Waals surface area contributed by atoms with Gasteiger partial charge < -0.3 is 10.6 Å². The minimum atomic E-state index is 0.372. The molecule has 0 spiro atoms. The van der Waals surface area contributed by atoms with Gasteiger partial charge in [-0.25, -0.2) is 0 Å². The Morgan fingerprint density at radius 3 is 2.50 bits per heavy atom. The number of nitrogens with zero attached hydrogens (tertiary/aromatic N) is 1. The SMILES string of the molecule is CC(C)C(N)CCN1CCCC(C)(C)CC1. The molecule has 0 aliphatic carbocycles. The van der Waals surface area contributed by atoms with Crippen LogP contribution in [0.2, 0.25) is 0 Å². The van der Waals surface area contributed by atoms with Crippen molar-refractivity contribution in [3.8, 4) is 0 Å². The molecule has 2 nitrogen and oxygen atoms in total. The Bertz CT molecular complexity index is 199. The Hall–Kier alpha value is -0.0800. The summed E-state index contributed by atoms with van der Waals surface area (Å²) in [6, 6.07) is 0.372. The fourth-order valence-electron chi connectivity index (χ4n) is 2.37. The Kier molecular flexibility index (Phi) is 5.26. The van der Waals surface area contributed by atoms with Crippen molar-refractivity contribution in [2.45, 2.75) is 59.4 Å². The molecule has 1 atom stereocenters. The second-order valence-corrected chi connectivity index (χ2v) is 6.56. The van der Waals surface area contributed by atoms with Gasteiger partial charge in [0.2, 0.25) is 0 Å². The van der Waals surface area contributed by atoms with Gasteiger partial charge >= 0.3 is 0 Å². The second kappa shape index (κ2) is 6.02. The molecule has 2 N–H and O–H groups in total. The third-order valence-corrected chi connectivity index (χ3v) is 4.07. The van der Waals surface area contributed by atoms with Crippen LogP contribution in [0.4, 0.5) is 0 Å². The molecule has 1 unspecified atom stereocenters. The number of hydrogen-bond donors (Lipinski definition) is 1. The first-order chi connectivity index (χ1) is 7.41. The maximum absolute atomic E-state index is 6.10. The molecule has 1 aliphatic heterocycles. The highest BCUT2D eigenvalue weighted by atomic mass is 15.1. The van der Waals surface area contributed by atoms with Crippen LogP contribution in [0.25, 0.3) is 0 Å². The van der Waals surface area contributed by atoms with Gasteiger partial charge in [-0.1, -0.05) is 27.7 Å². The van der Waals surface area contributed by atoms with Gasteiger partial charge in [0, 0.05) is 6.04 Å². The lowest BCUT2D eigenvalue weighted by atomic mass is 9.85. The summed E-state index contributed by atoms with van der Waals surface area (Å²) in [7, 11) is 0. The first-order valence-corrected chi connectivity index (χ1v) is 6.89. The third-order valence-electron chi connectivity index (χ3n) is 4.07.